The molecule has 3 aromatic rings. The van der Waals surface area contributed by atoms with Crippen molar-refractivity contribution in [3.05, 3.63) is 60.0 Å². The molecule has 0 radical (unpaired) electrons. The van der Waals surface area contributed by atoms with Crippen LogP contribution in [0.4, 0.5) is 4.39 Å². The van der Waals surface area contributed by atoms with Crippen LogP contribution in [0.25, 0.3) is 16.8 Å². The van der Waals surface area contributed by atoms with Gasteiger partial charge in [-0.1, -0.05) is 18.2 Å². The Hall–Kier alpha value is -2.49. The fourth-order valence-electron chi connectivity index (χ4n) is 1.99. The van der Waals surface area contributed by atoms with Crippen molar-refractivity contribution in [1.29, 1.82) is 0 Å². The summed E-state index contributed by atoms with van der Waals surface area (Å²) < 4.78 is 15.3. The molecule has 0 aliphatic heterocycles. The van der Waals surface area contributed by atoms with E-state index in [0.29, 0.717) is 28.6 Å². The lowest BCUT2D eigenvalue weighted by molar-refractivity contribution is 0.112. The van der Waals surface area contributed by atoms with Crippen molar-refractivity contribution in [1.82, 2.24) is 9.61 Å². The molecule has 0 amide bonds. The highest BCUT2D eigenvalue weighted by Crippen LogP contribution is 2.26. The van der Waals surface area contributed by atoms with Crippen LogP contribution < -0.4 is 0 Å². The summed E-state index contributed by atoms with van der Waals surface area (Å²) in [6, 6.07) is 11.7. The highest BCUT2D eigenvalue weighted by Gasteiger charge is 2.15. The molecular formula is C14H9FN2O. The summed E-state index contributed by atoms with van der Waals surface area (Å²) in [7, 11) is 0. The Labute approximate surface area is 102 Å². The van der Waals surface area contributed by atoms with Gasteiger partial charge in [0.2, 0.25) is 0 Å². The molecule has 18 heavy (non-hydrogen) atoms. The maximum atomic E-state index is 13.8. The minimum atomic E-state index is -0.385. The number of fused-ring (bicyclic) bond motifs is 1. The number of aromatic nitrogens is 2. The smallest absolute Gasteiger partial charge is 0.154 e. The van der Waals surface area contributed by atoms with Crippen LogP contribution in [0, 0.1) is 5.82 Å². The third-order valence-corrected chi connectivity index (χ3v) is 2.82. The Morgan fingerprint density at radius 2 is 1.89 bits per heavy atom. The lowest BCUT2D eigenvalue weighted by Gasteiger charge is -1.98. The highest BCUT2D eigenvalue weighted by atomic mass is 19.1. The number of hydrogen-bond donors (Lipinski definition) is 0. The summed E-state index contributed by atoms with van der Waals surface area (Å²) in [6.45, 7) is 0. The molecule has 4 heteroatoms. The average molecular weight is 240 g/mol. The predicted octanol–water partition coefficient (Wildman–Crippen LogP) is 2.95. The van der Waals surface area contributed by atoms with Crippen molar-refractivity contribution in [2.24, 2.45) is 0 Å². The van der Waals surface area contributed by atoms with Crippen LogP contribution in [0.3, 0.4) is 0 Å². The van der Waals surface area contributed by atoms with Crippen LogP contribution in [0.15, 0.2) is 48.7 Å². The van der Waals surface area contributed by atoms with Gasteiger partial charge in [0.1, 0.15) is 11.5 Å². The van der Waals surface area contributed by atoms with Crippen molar-refractivity contribution in [3.8, 4) is 11.3 Å². The van der Waals surface area contributed by atoms with Gasteiger partial charge in [0.15, 0.2) is 6.29 Å². The van der Waals surface area contributed by atoms with E-state index < -0.39 is 0 Å². The molecule has 3 rings (SSSR count). The Morgan fingerprint density at radius 3 is 2.67 bits per heavy atom. The van der Waals surface area contributed by atoms with Gasteiger partial charge in [-0.15, -0.1) is 0 Å². The van der Waals surface area contributed by atoms with E-state index in [1.54, 1.807) is 41.0 Å². The van der Waals surface area contributed by atoms with Crippen LogP contribution in [0.2, 0.25) is 0 Å². The van der Waals surface area contributed by atoms with Gasteiger partial charge in [0, 0.05) is 11.8 Å². The van der Waals surface area contributed by atoms with Gasteiger partial charge >= 0.3 is 0 Å². The molecule has 0 fully saturated rings. The van der Waals surface area contributed by atoms with Crippen molar-refractivity contribution >= 4 is 11.8 Å². The fraction of sp³-hybridized carbons (Fsp3) is 0. The molecule has 3 nitrogen and oxygen atoms in total. The molecule has 0 atom stereocenters. The van der Waals surface area contributed by atoms with E-state index in [-0.39, 0.29) is 5.82 Å². The Morgan fingerprint density at radius 1 is 1.11 bits per heavy atom. The van der Waals surface area contributed by atoms with Gasteiger partial charge in [0.25, 0.3) is 0 Å². The van der Waals surface area contributed by atoms with Crippen LogP contribution in [-0.2, 0) is 0 Å². The number of hydrogen-bond acceptors (Lipinski definition) is 2. The molecule has 1 aromatic carbocycles. The first-order valence-electron chi connectivity index (χ1n) is 5.48. The third-order valence-electron chi connectivity index (χ3n) is 2.82. The first-order valence-corrected chi connectivity index (χ1v) is 5.48. The predicted molar refractivity (Wildman–Crippen MR) is 66.0 cm³/mol. The number of carbonyl (C=O) groups excluding carboxylic acids is 1. The number of rotatable bonds is 2. The van der Waals surface area contributed by atoms with Gasteiger partial charge < -0.3 is 0 Å². The van der Waals surface area contributed by atoms with Crippen LogP contribution in [-0.4, -0.2) is 15.9 Å². The molecule has 0 saturated carbocycles. The molecule has 0 N–H and O–H groups in total. The van der Waals surface area contributed by atoms with Crippen molar-refractivity contribution in [3.63, 3.8) is 0 Å². The molecule has 88 valence electrons. The average Bonchev–Trinajstić information content (AvgIpc) is 2.77. The van der Waals surface area contributed by atoms with E-state index in [2.05, 4.69) is 5.10 Å². The number of carbonyl (C=O) groups is 1. The topological polar surface area (TPSA) is 34.4 Å². The minimum absolute atomic E-state index is 0.336. The second-order valence-corrected chi connectivity index (χ2v) is 3.89. The number of benzene rings is 1. The first kappa shape index (κ1) is 10.7. The SMILES string of the molecule is O=Cc1c(-c2ccccc2F)nn2ccccc12. The molecule has 0 unspecified atom stereocenters. The van der Waals surface area contributed by atoms with Crippen LogP contribution >= 0.6 is 0 Å². The Balaban J connectivity index is 2.36. The fourth-order valence-corrected chi connectivity index (χ4v) is 1.99. The van der Waals surface area contributed by atoms with E-state index in [0.717, 1.165) is 0 Å². The van der Waals surface area contributed by atoms with Gasteiger partial charge in [-0.05, 0) is 24.3 Å². The van der Waals surface area contributed by atoms with Crippen LogP contribution in [0.1, 0.15) is 10.4 Å². The zero-order chi connectivity index (χ0) is 12.5. The monoisotopic (exact) mass is 240 g/mol. The van der Waals surface area contributed by atoms with E-state index in [4.69, 9.17) is 0 Å². The van der Waals surface area contributed by atoms with E-state index >= 15 is 0 Å². The van der Waals surface area contributed by atoms with Gasteiger partial charge in [-0.3, -0.25) is 4.79 Å². The number of halogens is 1. The second-order valence-electron chi connectivity index (χ2n) is 3.89. The number of aldehydes is 1. The zero-order valence-electron chi connectivity index (χ0n) is 9.38. The van der Waals surface area contributed by atoms with Gasteiger partial charge in [-0.2, -0.15) is 5.10 Å². The standard InChI is InChI=1S/C14H9FN2O/c15-12-6-2-1-5-10(12)14-11(9-18)13-7-3-4-8-17(13)16-14/h1-9H. The largest absolute Gasteiger partial charge is 0.298 e. The summed E-state index contributed by atoms with van der Waals surface area (Å²) in [5.74, 6) is -0.385. The van der Waals surface area contributed by atoms with Crippen LogP contribution in [0.5, 0.6) is 0 Å². The molecule has 0 bridgehead atoms. The van der Waals surface area contributed by atoms with E-state index in [9.17, 15) is 9.18 Å². The summed E-state index contributed by atoms with van der Waals surface area (Å²) in [6.07, 6.45) is 2.44. The van der Waals surface area contributed by atoms with E-state index in [1.807, 2.05) is 6.07 Å². The highest BCUT2D eigenvalue weighted by molar-refractivity contribution is 5.94. The lowest BCUT2D eigenvalue weighted by atomic mass is 10.1. The van der Waals surface area contributed by atoms with Gasteiger partial charge in [-0.25, -0.2) is 8.91 Å². The lowest BCUT2D eigenvalue weighted by Crippen LogP contribution is -1.88. The second kappa shape index (κ2) is 4.07. The Kier molecular flexibility index (Phi) is 2.41. The summed E-state index contributed by atoms with van der Waals surface area (Å²) >= 11 is 0. The molecule has 0 spiro atoms. The molecule has 0 aliphatic rings. The van der Waals surface area contributed by atoms with E-state index in [1.165, 1.54) is 6.07 Å². The number of nitrogens with zero attached hydrogens (tertiary/aromatic N) is 2. The van der Waals surface area contributed by atoms with Crippen molar-refractivity contribution in [2.75, 3.05) is 0 Å². The molecule has 2 heterocycles. The van der Waals surface area contributed by atoms with Crippen molar-refractivity contribution in [2.45, 2.75) is 0 Å². The maximum Gasteiger partial charge on any atom is 0.154 e. The summed E-state index contributed by atoms with van der Waals surface area (Å²) in [4.78, 5) is 11.2. The summed E-state index contributed by atoms with van der Waals surface area (Å²) in [5.41, 5.74) is 1.78. The van der Waals surface area contributed by atoms with Gasteiger partial charge in [0.05, 0.1) is 11.1 Å². The number of pyridine rings is 1. The maximum absolute atomic E-state index is 13.8. The van der Waals surface area contributed by atoms with Crippen molar-refractivity contribution < 1.29 is 9.18 Å². The minimum Gasteiger partial charge on any atom is -0.298 e. The molecule has 2 aromatic heterocycles. The first-order chi connectivity index (χ1) is 8.81. The quantitative estimate of drug-likeness (QED) is 0.645. The third kappa shape index (κ3) is 1.50. The zero-order valence-corrected chi connectivity index (χ0v) is 9.38. The molecule has 0 saturated heterocycles. The Bertz CT molecular complexity index is 733. The molecule has 0 aliphatic carbocycles. The normalized spacial score (nSPS) is 10.7. The summed E-state index contributed by atoms with van der Waals surface area (Å²) in [5, 5.41) is 4.26. The molecular weight excluding hydrogens is 231 g/mol.